The van der Waals surface area contributed by atoms with E-state index in [9.17, 15) is 0 Å². The van der Waals surface area contributed by atoms with E-state index in [1.54, 1.807) is 12.4 Å². The maximum atomic E-state index is 5.71. The Morgan fingerprint density at radius 2 is 1.78 bits per heavy atom. The number of para-hydroxylation sites is 1. The first-order chi connectivity index (χ1) is 8.84. The Bertz CT molecular complexity index is 658. The quantitative estimate of drug-likeness (QED) is 0.743. The van der Waals surface area contributed by atoms with Crippen molar-refractivity contribution >= 4 is 5.82 Å². The highest BCUT2D eigenvalue weighted by molar-refractivity contribution is 5.64. The van der Waals surface area contributed by atoms with Crippen molar-refractivity contribution in [2.75, 3.05) is 5.73 Å². The standard InChI is InChI=1S/C14H12N4/c15-14-10-11(6-8-16-14)13-7-9-17-18(13)12-4-2-1-3-5-12/h1-10H,(H2,15,16). The van der Waals surface area contributed by atoms with Crippen LogP contribution in [0, 0.1) is 0 Å². The Labute approximate surface area is 105 Å². The fourth-order valence-corrected chi connectivity index (χ4v) is 1.90. The van der Waals surface area contributed by atoms with Crippen LogP contribution in [0.15, 0.2) is 60.9 Å². The molecule has 2 N–H and O–H groups in total. The second-order valence-corrected chi connectivity index (χ2v) is 3.93. The van der Waals surface area contributed by atoms with Crippen molar-refractivity contribution in [3.05, 3.63) is 60.9 Å². The van der Waals surface area contributed by atoms with Crippen LogP contribution in [0.5, 0.6) is 0 Å². The molecule has 4 nitrogen and oxygen atoms in total. The van der Waals surface area contributed by atoms with Gasteiger partial charge in [-0.2, -0.15) is 5.10 Å². The van der Waals surface area contributed by atoms with Crippen molar-refractivity contribution in [3.63, 3.8) is 0 Å². The minimum Gasteiger partial charge on any atom is -0.384 e. The summed E-state index contributed by atoms with van der Waals surface area (Å²) in [5, 5.41) is 4.35. The zero-order chi connectivity index (χ0) is 12.4. The van der Waals surface area contributed by atoms with Crippen molar-refractivity contribution in [1.29, 1.82) is 0 Å². The molecule has 0 bridgehead atoms. The molecule has 0 amide bonds. The molecule has 4 heteroatoms. The number of nitrogens with two attached hydrogens (primary N) is 1. The summed E-state index contributed by atoms with van der Waals surface area (Å²) in [7, 11) is 0. The van der Waals surface area contributed by atoms with E-state index in [1.807, 2.05) is 53.2 Å². The molecule has 3 rings (SSSR count). The normalized spacial score (nSPS) is 10.4. The lowest BCUT2D eigenvalue weighted by Crippen LogP contribution is -1.99. The summed E-state index contributed by atoms with van der Waals surface area (Å²) in [4.78, 5) is 4.00. The number of rotatable bonds is 2. The Kier molecular flexibility index (Phi) is 2.53. The summed E-state index contributed by atoms with van der Waals surface area (Å²) in [6.07, 6.45) is 3.48. The lowest BCUT2D eigenvalue weighted by molar-refractivity contribution is 0.888. The summed E-state index contributed by atoms with van der Waals surface area (Å²) < 4.78 is 1.88. The first kappa shape index (κ1) is 10.5. The average Bonchev–Trinajstić information content (AvgIpc) is 2.89. The highest BCUT2D eigenvalue weighted by Gasteiger charge is 2.07. The maximum Gasteiger partial charge on any atom is 0.123 e. The van der Waals surface area contributed by atoms with Crippen molar-refractivity contribution in [2.24, 2.45) is 0 Å². The molecule has 0 aliphatic rings. The Hall–Kier alpha value is -2.62. The van der Waals surface area contributed by atoms with Gasteiger partial charge in [-0.3, -0.25) is 0 Å². The van der Waals surface area contributed by atoms with Crippen LogP contribution in [0.1, 0.15) is 0 Å². The van der Waals surface area contributed by atoms with Crippen LogP contribution in [0.4, 0.5) is 5.82 Å². The number of hydrogen-bond donors (Lipinski definition) is 1. The van der Waals surface area contributed by atoms with Crippen LogP contribution in [0.25, 0.3) is 16.9 Å². The monoisotopic (exact) mass is 236 g/mol. The summed E-state index contributed by atoms with van der Waals surface area (Å²) in [5.41, 5.74) is 8.73. The smallest absolute Gasteiger partial charge is 0.123 e. The number of pyridine rings is 1. The van der Waals surface area contributed by atoms with Gasteiger partial charge in [0.2, 0.25) is 0 Å². The van der Waals surface area contributed by atoms with Crippen molar-refractivity contribution in [1.82, 2.24) is 14.8 Å². The van der Waals surface area contributed by atoms with Crippen LogP contribution in [-0.4, -0.2) is 14.8 Å². The van der Waals surface area contributed by atoms with Gasteiger partial charge in [-0.25, -0.2) is 9.67 Å². The fourth-order valence-electron chi connectivity index (χ4n) is 1.90. The van der Waals surface area contributed by atoms with Crippen LogP contribution in [0.3, 0.4) is 0 Å². The van der Waals surface area contributed by atoms with Gasteiger partial charge in [0.05, 0.1) is 17.6 Å². The topological polar surface area (TPSA) is 56.7 Å². The molecular weight excluding hydrogens is 224 g/mol. The minimum atomic E-state index is 0.508. The van der Waals surface area contributed by atoms with Gasteiger partial charge in [0, 0.05) is 11.8 Å². The van der Waals surface area contributed by atoms with Crippen LogP contribution in [-0.2, 0) is 0 Å². The molecule has 0 saturated heterocycles. The van der Waals surface area contributed by atoms with Gasteiger partial charge in [0.1, 0.15) is 5.82 Å². The number of hydrogen-bond acceptors (Lipinski definition) is 3. The maximum absolute atomic E-state index is 5.71. The molecule has 2 heterocycles. The number of anilines is 1. The summed E-state index contributed by atoms with van der Waals surface area (Å²) in [5.74, 6) is 0.508. The van der Waals surface area contributed by atoms with Gasteiger partial charge in [0.15, 0.2) is 0 Å². The predicted molar refractivity (Wildman–Crippen MR) is 71.2 cm³/mol. The van der Waals surface area contributed by atoms with E-state index in [0.29, 0.717) is 5.82 Å². The lowest BCUT2D eigenvalue weighted by atomic mass is 10.2. The molecule has 3 aromatic rings. The Balaban J connectivity index is 2.13. The summed E-state index contributed by atoms with van der Waals surface area (Å²) >= 11 is 0. The van der Waals surface area contributed by atoms with E-state index >= 15 is 0 Å². The first-order valence-corrected chi connectivity index (χ1v) is 5.66. The predicted octanol–water partition coefficient (Wildman–Crippen LogP) is 2.52. The van der Waals surface area contributed by atoms with Gasteiger partial charge in [0.25, 0.3) is 0 Å². The molecule has 0 aliphatic carbocycles. The van der Waals surface area contributed by atoms with Gasteiger partial charge in [-0.1, -0.05) is 18.2 Å². The van der Waals surface area contributed by atoms with E-state index in [1.165, 1.54) is 0 Å². The van der Waals surface area contributed by atoms with Crippen LogP contribution >= 0.6 is 0 Å². The second kappa shape index (κ2) is 4.33. The van der Waals surface area contributed by atoms with Gasteiger partial charge in [-0.05, 0) is 30.3 Å². The Morgan fingerprint density at radius 1 is 0.944 bits per heavy atom. The molecule has 0 spiro atoms. The van der Waals surface area contributed by atoms with E-state index in [0.717, 1.165) is 16.9 Å². The van der Waals surface area contributed by atoms with Crippen molar-refractivity contribution in [2.45, 2.75) is 0 Å². The molecule has 0 radical (unpaired) electrons. The molecule has 0 unspecified atom stereocenters. The zero-order valence-electron chi connectivity index (χ0n) is 9.69. The minimum absolute atomic E-state index is 0.508. The van der Waals surface area contributed by atoms with E-state index in [4.69, 9.17) is 5.73 Å². The molecule has 18 heavy (non-hydrogen) atoms. The molecular formula is C14H12N4. The zero-order valence-corrected chi connectivity index (χ0v) is 9.69. The molecule has 2 aromatic heterocycles. The van der Waals surface area contributed by atoms with Crippen LogP contribution < -0.4 is 5.73 Å². The highest BCUT2D eigenvalue weighted by Crippen LogP contribution is 2.22. The molecule has 1 aromatic carbocycles. The van der Waals surface area contributed by atoms with Gasteiger partial charge in [-0.15, -0.1) is 0 Å². The first-order valence-electron chi connectivity index (χ1n) is 5.66. The van der Waals surface area contributed by atoms with Crippen LogP contribution in [0.2, 0.25) is 0 Å². The molecule has 88 valence electrons. The largest absolute Gasteiger partial charge is 0.384 e. The molecule has 0 atom stereocenters. The SMILES string of the molecule is Nc1cc(-c2ccnn2-c2ccccc2)ccn1. The molecule has 0 saturated carbocycles. The molecule has 0 fully saturated rings. The van der Waals surface area contributed by atoms with Crippen molar-refractivity contribution in [3.8, 4) is 16.9 Å². The van der Waals surface area contributed by atoms with E-state index in [2.05, 4.69) is 10.1 Å². The fraction of sp³-hybridized carbons (Fsp3) is 0. The van der Waals surface area contributed by atoms with Gasteiger partial charge < -0.3 is 5.73 Å². The number of benzene rings is 1. The van der Waals surface area contributed by atoms with Crippen molar-refractivity contribution < 1.29 is 0 Å². The van der Waals surface area contributed by atoms with E-state index in [-0.39, 0.29) is 0 Å². The molecule has 0 aliphatic heterocycles. The third-order valence-electron chi connectivity index (χ3n) is 2.72. The third kappa shape index (κ3) is 1.84. The number of nitrogen functional groups attached to an aromatic ring is 1. The number of nitrogens with zero attached hydrogens (tertiary/aromatic N) is 3. The Morgan fingerprint density at radius 3 is 2.56 bits per heavy atom. The average molecular weight is 236 g/mol. The third-order valence-corrected chi connectivity index (χ3v) is 2.72. The lowest BCUT2D eigenvalue weighted by Gasteiger charge is -2.07. The summed E-state index contributed by atoms with van der Waals surface area (Å²) in [6, 6.07) is 15.7. The summed E-state index contributed by atoms with van der Waals surface area (Å²) in [6.45, 7) is 0. The van der Waals surface area contributed by atoms with E-state index < -0.39 is 0 Å². The number of aromatic nitrogens is 3. The van der Waals surface area contributed by atoms with Gasteiger partial charge >= 0.3 is 0 Å². The highest BCUT2D eigenvalue weighted by atomic mass is 15.3. The second-order valence-electron chi connectivity index (χ2n) is 3.93.